The Hall–Kier alpha value is -0.280. The van der Waals surface area contributed by atoms with Gasteiger partial charge in [0.2, 0.25) is 0 Å². The maximum atomic E-state index is 5.45. The van der Waals surface area contributed by atoms with Crippen molar-refractivity contribution in [1.82, 2.24) is 5.32 Å². The summed E-state index contributed by atoms with van der Waals surface area (Å²) in [5.74, 6) is 2.74. The molecule has 0 radical (unpaired) electrons. The standard InChI is InChI=1S/C13H20BrNO/c1-10-4-2-3-5-11(10)8-15-9-12-6-7-13(14)16-12/h6-7,10-11,15H,2-5,8-9H2,1H3. The van der Waals surface area contributed by atoms with Crippen molar-refractivity contribution in [1.29, 1.82) is 0 Å². The van der Waals surface area contributed by atoms with E-state index in [1.807, 2.05) is 12.1 Å². The number of rotatable bonds is 4. The molecule has 1 aromatic rings. The summed E-state index contributed by atoms with van der Waals surface area (Å²) in [4.78, 5) is 0. The first-order valence-corrected chi connectivity index (χ1v) is 7.00. The second kappa shape index (κ2) is 5.87. The van der Waals surface area contributed by atoms with Crippen LogP contribution in [0.1, 0.15) is 38.4 Å². The molecule has 90 valence electrons. The first-order valence-electron chi connectivity index (χ1n) is 6.20. The number of halogens is 1. The highest BCUT2D eigenvalue weighted by atomic mass is 79.9. The van der Waals surface area contributed by atoms with Gasteiger partial charge in [-0.2, -0.15) is 0 Å². The van der Waals surface area contributed by atoms with Gasteiger partial charge in [0, 0.05) is 0 Å². The molecule has 2 atom stereocenters. The number of nitrogens with one attached hydrogen (secondary N) is 1. The predicted octanol–water partition coefficient (Wildman–Crippen LogP) is 3.96. The fourth-order valence-corrected chi connectivity index (χ4v) is 2.86. The topological polar surface area (TPSA) is 25.2 Å². The van der Waals surface area contributed by atoms with Gasteiger partial charge < -0.3 is 9.73 Å². The lowest BCUT2D eigenvalue weighted by Crippen LogP contribution is -2.28. The van der Waals surface area contributed by atoms with Gasteiger partial charge >= 0.3 is 0 Å². The van der Waals surface area contributed by atoms with Gasteiger partial charge in [-0.05, 0) is 52.9 Å². The fourth-order valence-electron chi connectivity index (χ4n) is 2.52. The third-order valence-electron chi connectivity index (χ3n) is 3.62. The van der Waals surface area contributed by atoms with Crippen LogP contribution in [0, 0.1) is 11.8 Å². The van der Waals surface area contributed by atoms with E-state index in [2.05, 4.69) is 28.2 Å². The molecule has 0 amide bonds. The zero-order valence-corrected chi connectivity index (χ0v) is 11.4. The number of hydrogen-bond acceptors (Lipinski definition) is 2. The molecule has 0 saturated heterocycles. The Kier molecular flexibility index (Phi) is 4.47. The maximum Gasteiger partial charge on any atom is 0.169 e. The van der Waals surface area contributed by atoms with E-state index >= 15 is 0 Å². The van der Waals surface area contributed by atoms with E-state index in [-0.39, 0.29) is 0 Å². The van der Waals surface area contributed by atoms with Crippen molar-refractivity contribution in [2.45, 2.75) is 39.2 Å². The van der Waals surface area contributed by atoms with Crippen molar-refractivity contribution < 1.29 is 4.42 Å². The van der Waals surface area contributed by atoms with Crippen LogP contribution in [0.3, 0.4) is 0 Å². The second-order valence-electron chi connectivity index (χ2n) is 4.86. The van der Waals surface area contributed by atoms with E-state index in [1.54, 1.807) is 0 Å². The van der Waals surface area contributed by atoms with Crippen LogP contribution in [0.15, 0.2) is 21.2 Å². The molecule has 1 aromatic heterocycles. The largest absolute Gasteiger partial charge is 0.453 e. The van der Waals surface area contributed by atoms with Gasteiger partial charge in [-0.25, -0.2) is 0 Å². The Bertz CT molecular complexity index is 323. The summed E-state index contributed by atoms with van der Waals surface area (Å²) in [6.45, 7) is 4.35. The molecule has 1 heterocycles. The highest BCUT2D eigenvalue weighted by molar-refractivity contribution is 9.10. The normalized spacial score (nSPS) is 25.9. The monoisotopic (exact) mass is 285 g/mol. The van der Waals surface area contributed by atoms with Crippen LogP contribution in [0.25, 0.3) is 0 Å². The highest BCUT2D eigenvalue weighted by Crippen LogP contribution is 2.28. The fraction of sp³-hybridized carbons (Fsp3) is 0.692. The summed E-state index contributed by atoms with van der Waals surface area (Å²) >= 11 is 3.32. The molecule has 1 fully saturated rings. The summed E-state index contributed by atoms with van der Waals surface area (Å²) in [5.41, 5.74) is 0. The highest BCUT2D eigenvalue weighted by Gasteiger charge is 2.20. The van der Waals surface area contributed by atoms with Gasteiger partial charge in [0.25, 0.3) is 0 Å². The Morgan fingerprint density at radius 3 is 2.88 bits per heavy atom. The molecule has 1 N–H and O–H groups in total. The maximum absolute atomic E-state index is 5.45. The molecule has 0 bridgehead atoms. The van der Waals surface area contributed by atoms with E-state index in [0.717, 1.165) is 35.4 Å². The van der Waals surface area contributed by atoms with Gasteiger partial charge in [0.05, 0.1) is 6.54 Å². The van der Waals surface area contributed by atoms with E-state index in [4.69, 9.17) is 4.42 Å². The molecule has 2 rings (SSSR count). The quantitative estimate of drug-likeness (QED) is 0.906. The lowest BCUT2D eigenvalue weighted by Gasteiger charge is -2.28. The Morgan fingerprint density at radius 2 is 2.19 bits per heavy atom. The van der Waals surface area contributed by atoms with E-state index < -0.39 is 0 Å². The minimum atomic E-state index is 0.815. The first kappa shape index (κ1) is 12.2. The zero-order chi connectivity index (χ0) is 11.4. The van der Waals surface area contributed by atoms with Crippen molar-refractivity contribution >= 4 is 15.9 Å². The molecule has 2 unspecified atom stereocenters. The predicted molar refractivity (Wildman–Crippen MR) is 69.2 cm³/mol. The van der Waals surface area contributed by atoms with Crippen LogP contribution in [-0.4, -0.2) is 6.54 Å². The first-order chi connectivity index (χ1) is 7.75. The lowest BCUT2D eigenvalue weighted by atomic mass is 9.80. The molecule has 1 saturated carbocycles. The van der Waals surface area contributed by atoms with Crippen molar-refractivity contribution in [3.63, 3.8) is 0 Å². The lowest BCUT2D eigenvalue weighted by molar-refractivity contribution is 0.245. The molecule has 0 aromatic carbocycles. The summed E-state index contributed by atoms with van der Waals surface area (Å²) in [6, 6.07) is 3.96. The van der Waals surface area contributed by atoms with Crippen LogP contribution in [-0.2, 0) is 6.54 Å². The van der Waals surface area contributed by atoms with Gasteiger partial charge in [-0.3, -0.25) is 0 Å². The molecule has 1 aliphatic rings. The molecule has 16 heavy (non-hydrogen) atoms. The molecule has 2 nitrogen and oxygen atoms in total. The molecule has 0 aliphatic heterocycles. The SMILES string of the molecule is CC1CCCCC1CNCc1ccc(Br)o1. The van der Waals surface area contributed by atoms with Gasteiger partial charge in [-0.1, -0.05) is 26.2 Å². The van der Waals surface area contributed by atoms with Crippen molar-refractivity contribution in [3.8, 4) is 0 Å². The summed E-state index contributed by atoms with van der Waals surface area (Å²) in [6.07, 6.45) is 5.61. The number of hydrogen-bond donors (Lipinski definition) is 1. The van der Waals surface area contributed by atoms with Crippen molar-refractivity contribution in [2.75, 3.05) is 6.54 Å². The third-order valence-corrected chi connectivity index (χ3v) is 4.05. The summed E-state index contributed by atoms with van der Waals surface area (Å²) in [7, 11) is 0. The Balaban J connectivity index is 1.71. The van der Waals surface area contributed by atoms with E-state index in [0.29, 0.717) is 0 Å². The van der Waals surface area contributed by atoms with Crippen LogP contribution in [0.5, 0.6) is 0 Å². The minimum Gasteiger partial charge on any atom is -0.453 e. The summed E-state index contributed by atoms with van der Waals surface area (Å²) in [5, 5.41) is 3.50. The summed E-state index contributed by atoms with van der Waals surface area (Å²) < 4.78 is 6.27. The van der Waals surface area contributed by atoms with Gasteiger partial charge in [0.15, 0.2) is 4.67 Å². The molecular weight excluding hydrogens is 266 g/mol. The zero-order valence-electron chi connectivity index (χ0n) is 9.84. The average Bonchev–Trinajstić information content (AvgIpc) is 2.67. The Morgan fingerprint density at radius 1 is 1.38 bits per heavy atom. The third kappa shape index (κ3) is 3.36. The molecule has 1 aliphatic carbocycles. The van der Waals surface area contributed by atoms with Gasteiger partial charge in [-0.15, -0.1) is 0 Å². The van der Waals surface area contributed by atoms with Crippen LogP contribution >= 0.6 is 15.9 Å². The molecular formula is C13H20BrNO. The van der Waals surface area contributed by atoms with Crippen LogP contribution in [0.2, 0.25) is 0 Å². The second-order valence-corrected chi connectivity index (χ2v) is 5.64. The van der Waals surface area contributed by atoms with Gasteiger partial charge in [0.1, 0.15) is 5.76 Å². The van der Waals surface area contributed by atoms with E-state index in [1.165, 1.54) is 25.7 Å². The minimum absolute atomic E-state index is 0.815. The Labute approximate surface area is 106 Å². The van der Waals surface area contributed by atoms with Crippen molar-refractivity contribution in [2.24, 2.45) is 11.8 Å². The number of furan rings is 1. The van der Waals surface area contributed by atoms with Crippen molar-refractivity contribution in [3.05, 3.63) is 22.6 Å². The molecule has 3 heteroatoms. The van der Waals surface area contributed by atoms with Crippen LogP contribution in [0.4, 0.5) is 0 Å². The van der Waals surface area contributed by atoms with Crippen LogP contribution < -0.4 is 5.32 Å². The van der Waals surface area contributed by atoms with E-state index in [9.17, 15) is 0 Å². The average molecular weight is 286 g/mol. The molecule has 0 spiro atoms. The smallest absolute Gasteiger partial charge is 0.169 e.